The third kappa shape index (κ3) is 27.6. The van der Waals surface area contributed by atoms with Crippen LogP contribution >= 0.6 is 0 Å². The largest absolute Gasteiger partial charge is 0.372 e. The third-order valence-electron chi connectivity index (χ3n) is 6.85. The number of hydrogen-bond donors (Lipinski definition) is 2. The highest BCUT2D eigenvalue weighted by Crippen LogP contribution is 2.61. The highest BCUT2D eigenvalue weighted by molar-refractivity contribution is 5.80. The van der Waals surface area contributed by atoms with E-state index in [4.69, 9.17) is 10.1 Å². The van der Waals surface area contributed by atoms with E-state index in [1.165, 1.54) is 12.8 Å². The predicted octanol–water partition coefficient (Wildman–Crippen LogP) is 7.95. The van der Waals surface area contributed by atoms with E-state index in [9.17, 15) is 14.4 Å². The number of benzene rings is 1. The molecule has 1 saturated heterocycles. The summed E-state index contributed by atoms with van der Waals surface area (Å²) >= 11 is 0. The Labute approximate surface area is 264 Å². The number of hydrogen-bond acceptors (Lipinski definition) is 5. The van der Waals surface area contributed by atoms with Crippen LogP contribution in [0.25, 0.3) is 0 Å². The number of nitrogens with one attached hydrogen (secondary N) is 1. The number of aldehydes is 1. The zero-order valence-corrected chi connectivity index (χ0v) is 29.5. The van der Waals surface area contributed by atoms with Crippen molar-refractivity contribution in [3.8, 4) is 6.07 Å². The van der Waals surface area contributed by atoms with E-state index in [1.54, 1.807) is 6.92 Å². The Balaban J connectivity index is -0.000000220. The van der Waals surface area contributed by atoms with Gasteiger partial charge >= 0.3 is 0 Å². The number of carbonyl (C=O) groups excluding carboxylic acids is 4. The van der Waals surface area contributed by atoms with Crippen molar-refractivity contribution >= 4 is 24.4 Å². The van der Waals surface area contributed by atoms with Crippen LogP contribution in [0, 0.1) is 46.3 Å². The number of primary amides is 1. The Morgan fingerprint density at radius 3 is 1.72 bits per heavy atom. The summed E-state index contributed by atoms with van der Waals surface area (Å²) in [7, 11) is 0. The summed E-state index contributed by atoms with van der Waals surface area (Å²) in [5.74, 6) is 3.36. The molecule has 0 bridgehead atoms. The summed E-state index contributed by atoms with van der Waals surface area (Å²) in [5.41, 5.74) is 5.93. The molecule has 3 N–H and O–H groups in total. The second-order valence-corrected chi connectivity index (χ2v) is 11.7. The van der Waals surface area contributed by atoms with Gasteiger partial charge in [0.2, 0.25) is 12.3 Å². The lowest BCUT2D eigenvalue weighted by Crippen LogP contribution is -2.20. The standard InChI is InChI=1S/C9H18.C8H12N2O.C8H8O.C4H8O.C4H10.C2H6.CH3NO/c1-5-7-8(6-2)9(7,3)4;1-6(5-9)4-7-2-3-10-8(7)11;9-7-6-8-4-2-1-3-5-8;1-3-4(2)5;1-4(2)3;1-2;2-1-3/h7-8H,5-6H2,1-4H3;6-7H,2-4H2,1H3,(H,10,11);1-5,7H,6H2;3H2,1-2H3;4H,1-3H3;1-2H3;1H,(H2,2,3). The molecule has 0 aromatic heterocycles. The average molecular weight is 604 g/mol. The van der Waals surface area contributed by atoms with E-state index >= 15 is 0 Å². The molecule has 0 radical (unpaired) electrons. The normalized spacial score (nSPS) is 18.7. The molecule has 2 amide bonds. The molecule has 1 aliphatic carbocycles. The first-order valence-electron chi connectivity index (χ1n) is 16.0. The zero-order chi connectivity index (χ0) is 34.4. The Kier molecular flexibility index (Phi) is 33.2. The van der Waals surface area contributed by atoms with E-state index in [-0.39, 0.29) is 29.9 Å². The maximum Gasteiger partial charge on any atom is 0.223 e. The lowest BCUT2D eigenvalue weighted by Gasteiger charge is -2.06. The summed E-state index contributed by atoms with van der Waals surface area (Å²) in [4.78, 5) is 39.4. The molecule has 2 fully saturated rings. The van der Waals surface area contributed by atoms with Crippen molar-refractivity contribution in [2.45, 2.75) is 122 Å². The van der Waals surface area contributed by atoms with Crippen LogP contribution in [0.5, 0.6) is 0 Å². The van der Waals surface area contributed by atoms with Gasteiger partial charge in [-0.25, -0.2) is 0 Å². The third-order valence-corrected chi connectivity index (χ3v) is 6.85. The fraction of sp³-hybridized carbons (Fsp3) is 0.694. The summed E-state index contributed by atoms with van der Waals surface area (Å²) in [6, 6.07) is 11.8. The fourth-order valence-electron chi connectivity index (χ4n) is 4.54. The molecule has 2 aliphatic rings. The maximum absolute atomic E-state index is 11.0. The second-order valence-electron chi connectivity index (χ2n) is 11.7. The Morgan fingerprint density at radius 2 is 1.47 bits per heavy atom. The van der Waals surface area contributed by atoms with Gasteiger partial charge in [0.05, 0.1) is 6.07 Å². The molecule has 1 saturated carbocycles. The van der Waals surface area contributed by atoms with Gasteiger partial charge < -0.3 is 20.6 Å². The van der Waals surface area contributed by atoms with Gasteiger partial charge in [0.15, 0.2) is 0 Å². The average Bonchev–Trinajstić information content (AvgIpc) is 3.29. The van der Waals surface area contributed by atoms with Crippen molar-refractivity contribution in [1.29, 1.82) is 5.26 Å². The summed E-state index contributed by atoms with van der Waals surface area (Å²) in [5, 5.41) is 11.3. The quantitative estimate of drug-likeness (QED) is 0.305. The van der Waals surface area contributed by atoms with E-state index in [0.29, 0.717) is 24.7 Å². The molecule has 3 rings (SSSR count). The van der Waals surface area contributed by atoms with Crippen molar-refractivity contribution < 1.29 is 19.2 Å². The van der Waals surface area contributed by atoms with Gasteiger partial charge in [0.1, 0.15) is 12.1 Å². The number of nitrogens with zero attached hydrogens (tertiary/aromatic N) is 1. The molecule has 1 aromatic carbocycles. The van der Waals surface area contributed by atoms with Crippen LogP contribution in [0.15, 0.2) is 30.3 Å². The molecule has 4 atom stereocenters. The first-order valence-corrected chi connectivity index (χ1v) is 16.0. The first-order chi connectivity index (χ1) is 20.2. The summed E-state index contributed by atoms with van der Waals surface area (Å²) in [6.45, 7) is 26.0. The van der Waals surface area contributed by atoms with Crippen LogP contribution < -0.4 is 11.1 Å². The van der Waals surface area contributed by atoms with E-state index in [1.807, 2.05) is 58.0 Å². The molecular weight excluding hydrogens is 538 g/mol. The number of rotatable bonds is 7. The summed E-state index contributed by atoms with van der Waals surface area (Å²) < 4.78 is 0. The number of nitrogens with two attached hydrogens (primary N) is 1. The van der Waals surface area contributed by atoms with Crippen molar-refractivity contribution in [2.24, 2.45) is 40.7 Å². The molecule has 7 heteroatoms. The van der Waals surface area contributed by atoms with E-state index in [0.717, 1.165) is 42.6 Å². The number of ketones is 1. The highest BCUT2D eigenvalue weighted by atomic mass is 16.2. The predicted molar refractivity (Wildman–Crippen MR) is 181 cm³/mol. The maximum atomic E-state index is 11.0. The lowest BCUT2D eigenvalue weighted by atomic mass is 9.96. The van der Waals surface area contributed by atoms with Crippen LogP contribution in [-0.4, -0.2) is 30.9 Å². The fourth-order valence-corrected chi connectivity index (χ4v) is 4.54. The van der Waals surface area contributed by atoms with Gasteiger partial charge in [-0.2, -0.15) is 5.26 Å². The molecular formula is C36H65N3O4. The minimum Gasteiger partial charge on any atom is -0.372 e. The van der Waals surface area contributed by atoms with Crippen LogP contribution in [0.4, 0.5) is 0 Å². The van der Waals surface area contributed by atoms with Crippen molar-refractivity contribution in [3.05, 3.63) is 35.9 Å². The first kappa shape index (κ1) is 46.9. The van der Waals surface area contributed by atoms with Crippen LogP contribution in [0.2, 0.25) is 0 Å². The lowest BCUT2D eigenvalue weighted by molar-refractivity contribution is -0.122. The SMILES string of the molecule is CC.CC(C#N)CC1CCNC1=O.CC(C)C.CCC(C)=O.CCC1C(CC)C1(C)C.NC=O.O=CCc1ccccc1. The molecule has 4 unspecified atom stereocenters. The molecule has 1 aliphatic heterocycles. The highest BCUT2D eigenvalue weighted by Gasteiger charge is 2.54. The molecule has 43 heavy (non-hydrogen) atoms. The molecule has 248 valence electrons. The van der Waals surface area contributed by atoms with Gasteiger partial charge in [-0.05, 0) is 55.4 Å². The Hall–Kier alpha value is -3.01. The monoisotopic (exact) mass is 603 g/mol. The van der Waals surface area contributed by atoms with E-state index in [2.05, 4.69) is 65.6 Å². The van der Waals surface area contributed by atoms with Gasteiger partial charge in [-0.1, -0.05) is 112 Å². The minimum atomic E-state index is 0.00356. The minimum absolute atomic E-state index is 0.00356. The number of amides is 2. The summed E-state index contributed by atoms with van der Waals surface area (Å²) in [6.07, 6.45) is 6.72. The van der Waals surface area contributed by atoms with E-state index < -0.39 is 0 Å². The smallest absolute Gasteiger partial charge is 0.223 e. The number of carbonyl (C=O) groups is 4. The van der Waals surface area contributed by atoms with Crippen LogP contribution in [0.3, 0.4) is 0 Å². The Bertz CT molecular complexity index is 848. The van der Waals surface area contributed by atoms with Gasteiger partial charge in [0.25, 0.3) is 0 Å². The molecule has 1 heterocycles. The van der Waals surface area contributed by atoms with Crippen molar-refractivity contribution in [2.75, 3.05) is 6.54 Å². The number of Topliss-reactive ketones (excluding diaryl/α,β-unsaturated/α-hetero) is 1. The second kappa shape index (κ2) is 30.4. The molecule has 7 nitrogen and oxygen atoms in total. The van der Waals surface area contributed by atoms with Crippen molar-refractivity contribution in [3.63, 3.8) is 0 Å². The van der Waals surface area contributed by atoms with Gasteiger partial charge in [-0.15, -0.1) is 0 Å². The molecule has 0 spiro atoms. The Morgan fingerprint density at radius 1 is 1.05 bits per heavy atom. The van der Waals surface area contributed by atoms with Crippen LogP contribution in [-0.2, 0) is 25.6 Å². The number of nitriles is 1. The topological polar surface area (TPSA) is 130 Å². The van der Waals surface area contributed by atoms with Crippen molar-refractivity contribution in [1.82, 2.24) is 5.32 Å². The zero-order valence-electron chi connectivity index (χ0n) is 29.5. The van der Waals surface area contributed by atoms with Gasteiger partial charge in [0, 0.05) is 31.2 Å². The van der Waals surface area contributed by atoms with Gasteiger partial charge in [-0.3, -0.25) is 9.59 Å². The van der Waals surface area contributed by atoms with Crippen LogP contribution in [0.1, 0.15) is 121 Å². The molecule has 1 aromatic rings.